The summed E-state index contributed by atoms with van der Waals surface area (Å²) in [7, 11) is 0. The highest BCUT2D eigenvalue weighted by molar-refractivity contribution is 6.02. The van der Waals surface area contributed by atoms with E-state index in [9.17, 15) is 22.8 Å². The van der Waals surface area contributed by atoms with Gasteiger partial charge < -0.3 is 10.2 Å². The standard InChI is InChI=1S/C18H17F3N2O2/c1-3-12-6-4-5-7-15(12)23(11(2)24)10-16(25)22-14-9-8-13(19)17(20)18(14)21/h4-9H,3,10H2,1-2H3,(H,22,25). The Bertz CT molecular complexity index is 809. The average molecular weight is 350 g/mol. The van der Waals surface area contributed by atoms with Crippen LogP contribution in [-0.4, -0.2) is 18.4 Å². The van der Waals surface area contributed by atoms with Crippen LogP contribution in [0.1, 0.15) is 19.4 Å². The summed E-state index contributed by atoms with van der Waals surface area (Å²) >= 11 is 0. The van der Waals surface area contributed by atoms with Crippen molar-refractivity contribution in [2.24, 2.45) is 0 Å². The van der Waals surface area contributed by atoms with Crippen molar-refractivity contribution >= 4 is 23.2 Å². The van der Waals surface area contributed by atoms with Crippen LogP contribution in [-0.2, 0) is 16.0 Å². The Morgan fingerprint density at radius 3 is 2.36 bits per heavy atom. The van der Waals surface area contributed by atoms with Crippen LogP contribution in [0.5, 0.6) is 0 Å². The van der Waals surface area contributed by atoms with E-state index in [-0.39, 0.29) is 12.5 Å². The molecule has 0 aliphatic heterocycles. The molecule has 0 aromatic heterocycles. The van der Waals surface area contributed by atoms with Crippen molar-refractivity contribution in [2.75, 3.05) is 16.8 Å². The lowest BCUT2D eigenvalue weighted by molar-refractivity contribution is -0.120. The van der Waals surface area contributed by atoms with Crippen molar-refractivity contribution < 1.29 is 22.8 Å². The van der Waals surface area contributed by atoms with E-state index in [4.69, 9.17) is 0 Å². The Morgan fingerprint density at radius 1 is 1.04 bits per heavy atom. The van der Waals surface area contributed by atoms with Crippen LogP contribution in [0, 0.1) is 17.5 Å². The zero-order chi connectivity index (χ0) is 18.6. The Kier molecular flexibility index (Phi) is 5.80. The van der Waals surface area contributed by atoms with Crippen LogP contribution in [0.3, 0.4) is 0 Å². The molecule has 0 aliphatic rings. The van der Waals surface area contributed by atoms with Crippen LogP contribution in [0.25, 0.3) is 0 Å². The maximum absolute atomic E-state index is 13.7. The summed E-state index contributed by atoms with van der Waals surface area (Å²) in [6.07, 6.45) is 0.652. The number of rotatable bonds is 5. The van der Waals surface area contributed by atoms with Gasteiger partial charge in [-0.3, -0.25) is 9.59 Å². The molecule has 0 saturated carbocycles. The predicted molar refractivity (Wildman–Crippen MR) is 88.8 cm³/mol. The fourth-order valence-corrected chi connectivity index (χ4v) is 2.40. The summed E-state index contributed by atoms with van der Waals surface area (Å²) in [6.45, 7) is 2.83. The minimum Gasteiger partial charge on any atom is -0.322 e. The number of nitrogens with zero attached hydrogens (tertiary/aromatic N) is 1. The van der Waals surface area contributed by atoms with Crippen LogP contribution in [0.15, 0.2) is 36.4 Å². The average Bonchev–Trinajstić information content (AvgIpc) is 2.60. The van der Waals surface area contributed by atoms with Crippen molar-refractivity contribution in [3.05, 3.63) is 59.4 Å². The van der Waals surface area contributed by atoms with Crippen molar-refractivity contribution in [1.82, 2.24) is 0 Å². The lowest BCUT2D eigenvalue weighted by atomic mass is 10.1. The molecule has 1 N–H and O–H groups in total. The van der Waals surface area contributed by atoms with E-state index in [1.54, 1.807) is 12.1 Å². The largest absolute Gasteiger partial charge is 0.322 e. The van der Waals surface area contributed by atoms with E-state index in [1.165, 1.54) is 11.8 Å². The fourth-order valence-electron chi connectivity index (χ4n) is 2.40. The molecular weight excluding hydrogens is 333 g/mol. The molecule has 0 radical (unpaired) electrons. The molecule has 2 rings (SSSR count). The normalized spacial score (nSPS) is 10.4. The maximum atomic E-state index is 13.7. The topological polar surface area (TPSA) is 49.4 Å². The number of halogens is 3. The molecule has 0 spiro atoms. The number of amides is 2. The SMILES string of the molecule is CCc1ccccc1N(CC(=O)Nc1ccc(F)c(F)c1F)C(C)=O. The summed E-state index contributed by atoms with van der Waals surface area (Å²) in [5, 5.41) is 2.16. The van der Waals surface area contributed by atoms with Gasteiger partial charge >= 0.3 is 0 Å². The van der Waals surface area contributed by atoms with Crippen molar-refractivity contribution in [3.8, 4) is 0 Å². The fraction of sp³-hybridized carbons (Fsp3) is 0.222. The van der Waals surface area contributed by atoms with E-state index >= 15 is 0 Å². The first-order valence-electron chi connectivity index (χ1n) is 7.64. The number of anilines is 2. The number of para-hydroxylation sites is 1. The second-order valence-corrected chi connectivity index (χ2v) is 5.36. The summed E-state index contributed by atoms with van der Waals surface area (Å²) < 4.78 is 39.8. The number of hydrogen-bond acceptors (Lipinski definition) is 2. The molecule has 2 aromatic carbocycles. The van der Waals surface area contributed by atoms with E-state index < -0.39 is 29.0 Å². The van der Waals surface area contributed by atoms with Gasteiger partial charge in [0.2, 0.25) is 11.8 Å². The number of nitrogens with one attached hydrogen (secondary N) is 1. The second kappa shape index (κ2) is 7.83. The Labute approximate surface area is 143 Å². The third kappa shape index (κ3) is 4.17. The van der Waals surface area contributed by atoms with Gasteiger partial charge in [0.1, 0.15) is 6.54 Å². The van der Waals surface area contributed by atoms with Gasteiger partial charge in [0.05, 0.1) is 5.69 Å². The Morgan fingerprint density at radius 2 is 1.72 bits per heavy atom. The second-order valence-electron chi connectivity index (χ2n) is 5.36. The van der Waals surface area contributed by atoms with Gasteiger partial charge in [0, 0.05) is 12.6 Å². The summed E-state index contributed by atoms with van der Waals surface area (Å²) in [5.74, 6) is -5.61. The van der Waals surface area contributed by atoms with Crippen molar-refractivity contribution in [2.45, 2.75) is 20.3 Å². The Hall–Kier alpha value is -2.83. The van der Waals surface area contributed by atoms with Gasteiger partial charge in [-0.05, 0) is 30.2 Å². The van der Waals surface area contributed by atoms with Crippen molar-refractivity contribution in [1.29, 1.82) is 0 Å². The molecule has 0 unspecified atom stereocenters. The minimum atomic E-state index is -1.67. The first kappa shape index (κ1) is 18.5. The maximum Gasteiger partial charge on any atom is 0.244 e. The van der Waals surface area contributed by atoms with Crippen molar-refractivity contribution in [3.63, 3.8) is 0 Å². The first-order chi connectivity index (χ1) is 11.8. The zero-order valence-corrected chi connectivity index (χ0v) is 13.8. The van der Waals surface area contributed by atoms with Gasteiger partial charge in [0.25, 0.3) is 0 Å². The minimum absolute atomic E-state index is 0.373. The number of aryl methyl sites for hydroxylation is 1. The molecule has 0 aliphatic carbocycles. The van der Waals surface area contributed by atoms with E-state index in [1.807, 2.05) is 19.1 Å². The monoisotopic (exact) mass is 350 g/mol. The molecule has 132 valence electrons. The molecule has 7 heteroatoms. The van der Waals surface area contributed by atoms with E-state index in [0.717, 1.165) is 11.6 Å². The molecule has 0 atom stereocenters. The van der Waals surface area contributed by atoms with Gasteiger partial charge in [-0.1, -0.05) is 25.1 Å². The Balaban J connectivity index is 2.22. The number of carbonyl (C=O) groups excluding carboxylic acids is 2. The molecule has 0 heterocycles. The van der Waals surface area contributed by atoms with Gasteiger partial charge in [-0.25, -0.2) is 13.2 Å². The van der Waals surface area contributed by atoms with Crippen LogP contribution in [0.2, 0.25) is 0 Å². The molecule has 2 aromatic rings. The summed E-state index contributed by atoms with van der Waals surface area (Å²) in [6, 6.07) is 8.71. The summed E-state index contributed by atoms with van der Waals surface area (Å²) in [5.41, 5.74) is 0.944. The molecule has 4 nitrogen and oxygen atoms in total. The van der Waals surface area contributed by atoms with Gasteiger partial charge in [-0.2, -0.15) is 0 Å². The highest BCUT2D eigenvalue weighted by Crippen LogP contribution is 2.22. The molecule has 2 amide bonds. The summed E-state index contributed by atoms with van der Waals surface area (Å²) in [4.78, 5) is 25.3. The lowest BCUT2D eigenvalue weighted by Gasteiger charge is -2.23. The van der Waals surface area contributed by atoms with Crippen LogP contribution < -0.4 is 10.2 Å². The molecule has 0 saturated heterocycles. The smallest absolute Gasteiger partial charge is 0.244 e. The van der Waals surface area contributed by atoms with E-state index in [2.05, 4.69) is 5.32 Å². The first-order valence-corrected chi connectivity index (χ1v) is 7.64. The highest BCUT2D eigenvalue weighted by atomic mass is 19.2. The number of benzene rings is 2. The number of carbonyl (C=O) groups is 2. The highest BCUT2D eigenvalue weighted by Gasteiger charge is 2.20. The third-order valence-electron chi connectivity index (χ3n) is 3.65. The third-order valence-corrected chi connectivity index (χ3v) is 3.65. The van der Waals surface area contributed by atoms with Crippen LogP contribution in [0.4, 0.5) is 24.5 Å². The number of hydrogen-bond donors (Lipinski definition) is 1. The molecule has 25 heavy (non-hydrogen) atoms. The zero-order valence-electron chi connectivity index (χ0n) is 13.8. The quantitative estimate of drug-likeness (QED) is 0.837. The predicted octanol–water partition coefficient (Wildman–Crippen LogP) is 3.66. The van der Waals surface area contributed by atoms with Gasteiger partial charge in [0.15, 0.2) is 17.5 Å². The van der Waals surface area contributed by atoms with Gasteiger partial charge in [-0.15, -0.1) is 0 Å². The van der Waals surface area contributed by atoms with Crippen LogP contribution >= 0.6 is 0 Å². The lowest BCUT2D eigenvalue weighted by Crippen LogP contribution is -2.37. The molecule has 0 fully saturated rings. The molecule has 0 bridgehead atoms. The van der Waals surface area contributed by atoms with E-state index in [0.29, 0.717) is 18.2 Å². The molecular formula is C18H17F3N2O2.